The van der Waals surface area contributed by atoms with E-state index in [4.69, 9.17) is 4.74 Å². The number of benzene rings is 2. The first-order valence-corrected chi connectivity index (χ1v) is 12.5. The van der Waals surface area contributed by atoms with Gasteiger partial charge in [-0.1, -0.05) is 88.0 Å². The average molecular weight is 459 g/mol. The van der Waals surface area contributed by atoms with Gasteiger partial charge in [0.15, 0.2) is 16.6 Å². The molecule has 1 aromatic heterocycles. The number of unbranched alkanes of at least 4 members (excludes halogenated alkanes) is 6. The van der Waals surface area contributed by atoms with E-state index >= 15 is 0 Å². The lowest BCUT2D eigenvalue weighted by Crippen LogP contribution is -2.01. The lowest BCUT2D eigenvalue weighted by atomic mass is 10.0. The largest absolute Gasteiger partial charge is 0.490 e. The number of nitrogens with zero attached hydrogens (tertiary/aromatic N) is 2. The number of aryl methyl sites for hydroxylation is 1. The van der Waals surface area contributed by atoms with Gasteiger partial charge in [-0.05, 0) is 37.0 Å². The monoisotopic (exact) mass is 458 g/mol. The molecule has 0 saturated carbocycles. The first kappa shape index (κ1) is 24.3. The molecular formula is C26H32F2N2OS. The van der Waals surface area contributed by atoms with Gasteiger partial charge in [0.25, 0.3) is 0 Å². The third kappa shape index (κ3) is 6.58. The first-order chi connectivity index (χ1) is 15.6. The summed E-state index contributed by atoms with van der Waals surface area (Å²) in [7, 11) is 0. The lowest BCUT2D eigenvalue weighted by molar-refractivity contribution is 0.286. The second kappa shape index (κ2) is 12.6. The van der Waals surface area contributed by atoms with E-state index in [1.807, 2.05) is 12.1 Å². The summed E-state index contributed by atoms with van der Waals surface area (Å²) in [5, 5.41) is 9.35. The predicted molar refractivity (Wildman–Crippen MR) is 128 cm³/mol. The zero-order valence-electron chi connectivity index (χ0n) is 19.0. The Hall–Kier alpha value is -2.34. The Labute approximate surface area is 193 Å². The average Bonchev–Trinajstić information content (AvgIpc) is 3.29. The Balaban J connectivity index is 1.64. The fraction of sp³-hybridized carbons (Fsp3) is 0.462. The summed E-state index contributed by atoms with van der Waals surface area (Å²) in [6, 6.07) is 11.3. The van der Waals surface area contributed by atoms with E-state index in [-0.39, 0.29) is 11.3 Å². The topological polar surface area (TPSA) is 35.0 Å². The van der Waals surface area contributed by atoms with Crippen LogP contribution in [0.2, 0.25) is 0 Å². The van der Waals surface area contributed by atoms with Gasteiger partial charge in [0.1, 0.15) is 5.01 Å². The number of hydrogen-bond donors (Lipinski definition) is 0. The summed E-state index contributed by atoms with van der Waals surface area (Å²) in [4.78, 5) is 0. The van der Waals surface area contributed by atoms with Crippen molar-refractivity contribution in [1.82, 2.24) is 10.2 Å². The van der Waals surface area contributed by atoms with E-state index in [0.29, 0.717) is 16.6 Å². The second-order valence-corrected chi connectivity index (χ2v) is 9.05. The molecule has 3 nitrogen and oxygen atoms in total. The quantitative estimate of drug-likeness (QED) is 0.242. The third-order valence-electron chi connectivity index (χ3n) is 5.48. The molecule has 3 aromatic rings. The number of aromatic nitrogens is 2. The molecule has 0 aliphatic rings. The molecule has 0 atom stereocenters. The fourth-order valence-corrected chi connectivity index (χ4v) is 4.41. The van der Waals surface area contributed by atoms with Crippen LogP contribution in [0.3, 0.4) is 0 Å². The van der Waals surface area contributed by atoms with Crippen LogP contribution in [0.15, 0.2) is 36.4 Å². The molecule has 2 aromatic carbocycles. The Bertz CT molecular complexity index is 972. The summed E-state index contributed by atoms with van der Waals surface area (Å²) < 4.78 is 34.5. The molecule has 1 heterocycles. The van der Waals surface area contributed by atoms with Gasteiger partial charge in [-0.15, -0.1) is 10.2 Å². The fourth-order valence-electron chi connectivity index (χ4n) is 3.54. The highest BCUT2D eigenvalue weighted by molar-refractivity contribution is 7.17. The molecule has 0 fully saturated rings. The van der Waals surface area contributed by atoms with Crippen LogP contribution in [0.25, 0.3) is 21.1 Å². The molecular weight excluding hydrogens is 426 g/mol. The van der Waals surface area contributed by atoms with Crippen molar-refractivity contribution in [3.63, 3.8) is 0 Å². The molecule has 3 rings (SSSR count). The molecule has 0 radical (unpaired) electrons. The van der Waals surface area contributed by atoms with Crippen molar-refractivity contribution in [3.8, 4) is 26.9 Å². The van der Waals surface area contributed by atoms with Gasteiger partial charge < -0.3 is 4.74 Å². The Morgan fingerprint density at radius 1 is 0.750 bits per heavy atom. The van der Waals surface area contributed by atoms with Crippen molar-refractivity contribution < 1.29 is 13.5 Å². The molecule has 0 amide bonds. The molecule has 0 spiro atoms. The van der Waals surface area contributed by atoms with E-state index in [1.54, 1.807) is 0 Å². The summed E-state index contributed by atoms with van der Waals surface area (Å²) >= 11 is 1.26. The highest BCUT2D eigenvalue weighted by Gasteiger charge is 2.19. The van der Waals surface area contributed by atoms with Crippen molar-refractivity contribution in [3.05, 3.63) is 53.6 Å². The molecule has 0 N–H and O–H groups in total. The maximum atomic E-state index is 14.7. The van der Waals surface area contributed by atoms with Gasteiger partial charge in [-0.3, -0.25) is 0 Å². The Morgan fingerprint density at radius 3 is 2.19 bits per heavy atom. The van der Waals surface area contributed by atoms with Gasteiger partial charge in [0.05, 0.1) is 12.2 Å². The Morgan fingerprint density at radius 2 is 1.44 bits per heavy atom. The highest BCUT2D eigenvalue weighted by atomic mass is 32.1. The SMILES string of the molecule is CCCCCCCc1ccc(-c2nnc(-c3ccc(OCCCCC)c(F)c3F)s2)cc1. The van der Waals surface area contributed by atoms with Crippen molar-refractivity contribution in [2.45, 2.75) is 71.6 Å². The first-order valence-electron chi connectivity index (χ1n) is 11.7. The molecule has 0 bridgehead atoms. The van der Waals surface area contributed by atoms with E-state index in [0.717, 1.165) is 31.2 Å². The maximum absolute atomic E-state index is 14.7. The number of ether oxygens (including phenoxy) is 1. The van der Waals surface area contributed by atoms with Crippen molar-refractivity contribution in [2.75, 3.05) is 6.61 Å². The zero-order valence-corrected chi connectivity index (χ0v) is 19.8. The minimum atomic E-state index is -0.973. The third-order valence-corrected chi connectivity index (χ3v) is 6.48. The standard InChI is InChI=1S/C26H32F2N2OS/c1-3-5-7-8-9-11-19-12-14-20(15-13-19)25-29-30-26(32-25)21-16-17-22(24(28)23(21)27)31-18-10-6-4-2/h12-17H,3-11,18H2,1-2H3. The molecule has 172 valence electrons. The van der Waals surface area contributed by atoms with Gasteiger partial charge in [-0.25, -0.2) is 4.39 Å². The van der Waals surface area contributed by atoms with Crippen LogP contribution < -0.4 is 4.74 Å². The van der Waals surface area contributed by atoms with E-state index in [2.05, 4.69) is 36.2 Å². The highest BCUT2D eigenvalue weighted by Crippen LogP contribution is 2.34. The van der Waals surface area contributed by atoms with Crippen LogP contribution in [-0.4, -0.2) is 16.8 Å². The van der Waals surface area contributed by atoms with Gasteiger partial charge in [-0.2, -0.15) is 4.39 Å². The minimum absolute atomic E-state index is 0.0580. The van der Waals surface area contributed by atoms with E-state index in [9.17, 15) is 8.78 Å². The molecule has 0 aliphatic heterocycles. The van der Waals surface area contributed by atoms with Crippen LogP contribution in [0.5, 0.6) is 5.75 Å². The second-order valence-electron chi connectivity index (χ2n) is 8.07. The normalized spacial score (nSPS) is 11.1. The number of halogens is 2. The van der Waals surface area contributed by atoms with Crippen LogP contribution in [0.4, 0.5) is 8.78 Å². The molecule has 0 unspecified atom stereocenters. The van der Waals surface area contributed by atoms with Crippen molar-refractivity contribution in [2.24, 2.45) is 0 Å². The molecule has 0 aliphatic carbocycles. The summed E-state index contributed by atoms with van der Waals surface area (Å²) in [5.41, 5.74) is 2.34. The smallest absolute Gasteiger partial charge is 0.201 e. The van der Waals surface area contributed by atoms with Gasteiger partial charge >= 0.3 is 0 Å². The summed E-state index contributed by atoms with van der Waals surface area (Å²) in [6.07, 6.45) is 10.2. The zero-order chi connectivity index (χ0) is 22.8. The van der Waals surface area contributed by atoms with E-state index < -0.39 is 11.6 Å². The lowest BCUT2D eigenvalue weighted by Gasteiger charge is -2.08. The number of hydrogen-bond acceptors (Lipinski definition) is 4. The van der Waals surface area contributed by atoms with Gasteiger partial charge in [0, 0.05) is 5.56 Å². The predicted octanol–water partition coefficient (Wildman–Crippen LogP) is 8.23. The molecule has 32 heavy (non-hydrogen) atoms. The molecule has 6 heteroatoms. The van der Waals surface area contributed by atoms with Crippen molar-refractivity contribution in [1.29, 1.82) is 0 Å². The van der Waals surface area contributed by atoms with Crippen molar-refractivity contribution >= 4 is 11.3 Å². The molecule has 0 saturated heterocycles. The van der Waals surface area contributed by atoms with E-state index in [1.165, 1.54) is 61.1 Å². The minimum Gasteiger partial charge on any atom is -0.490 e. The van der Waals surface area contributed by atoms with Crippen LogP contribution in [0.1, 0.15) is 70.8 Å². The Kier molecular flexibility index (Phi) is 9.60. The summed E-state index contributed by atoms with van der Waals surface area (Å²) in [6.45, 7) is 4.68. The van der Waals surface area contributed by atoms with Crippen LogP contribution in [0, 0.1) is 11.6 Å². The van der Waals surface area contributed by atoms with Gasteiger partial charge in [0.2, 0.25) is 5.82 Å². The number of rotatable bonds is 13. The summed E-state index contributed by atoms with van der Waals surface area (Å²) in [5.74, 6) is -1.98. The van der Waals surface area contributed by atoms with Crippen LogP contribution >= 0.6 is 11.3 Å². The maximum Gasteiger partial charge on any atom is 0.201 e. The van der Waals surface area contributed by atoms with Crippen LogP contribution in [-0.2, 0) is 6.42 Å².